The molecule has 0 fully saturated rings. The number of anilines is 1. The van der Waals surface area contributed by atoms with Gasteiger partial charge in [0.25, 0.3) is 0 Å². The van der Waals surface area contributed by atoms with Gasteiger partial charge in [-0.2, -0.15) is 0 Å². The van der Waals surface area contributed by atoms with Crippen molar-refractivity contribution in [2.75, 3.05) is 5.32 Å². The van der Waals surface area contributed by atoms with E-state index in [1.165, 1.54) is 0 Å². The Hall–Kier alpha value is -2.92. The third-order valence-corrected chi connectivity index (χ3v) is 3.90. The Kier molecular flexibility index (Phi) is 5.26. The first-order valence-corrected chi connectivity index (χ1v) is 8.08. The minimum Gasteiger partial charge on any atom is -0.424 e. The molecule has 0 aliphatic heterocycles. The predicted octanol–water partition coefficient (Wildman–Crippen LogP) is 4.41. The summed E-state index contributed by atoms with van der Waals surface area (Å²) >= 11 is 6.09. The molecule has 0 spiro atoms. The van der Waals surface area contributed by atoms with Crippen LogP contribution in [0.2, 0.25) is 5.02 Å². The van der Waals surface area contributed by atoms with Crippen LogP contribution in [-0.4, -0.2) is 15.9 Å². The highest BCUT2D eigenvalue weighted by atomic mass is 35.5. The predicted molar refractivity (Wildman–Crippen MR) is 97.1 cm³/mol. The Labute approximate surface area is 150 Å². The Morgan fingerprint density at radius 3 is 2.60 bits per heavy atom. The fourth-order valence-corrected chi connectivity index (χ4v) is 2.50. The zero-order valence-electron chi connectivity index (χ0n) is 13.6. The van der Waals surface area contributed by atoms with Crippen molar-refractivity contribution >= 4 is 23.2 Å². The summed E-state index contributed by atoms with van der Waals surface area (Å²) in [7, 11) is 0. The van der Waals surface area contributed by atoms with Crippen molar-refractivity contribution in [3.63, 3.8) is 0 Å². The average molecular weight is 354 g/mol. The lowest BCUT2D eigenvalue weighted by atomic mass is 10.1. The second kappa shape index (κ2) is 7.77. The Balaban J connectivity index is 1.67. The average Bonchev–Trinajstić information content (AvgIpc) is 2.60. The van der Waals surface area contributed by atoms with Gasteiger partial charge in [0.05, 0.1) is 6.42 Å². The van der Waals surface area contributed by atoms with E-state index in [1.807, 2.05) is 31.2 Å². The zero-order valence-corrected chi connectivity index (χ0v) is 14.3. The fraction of sp³-hybridized carbons (Fsp3) is 0.105. The molecule has 1 heterocycles. The van der Waals surface area contributed by atoms with Crippen LogP contribution in [-0.2, 0) is 11.2 Å². The maximum Gasteiger partial charge on any atom is 0.321 e. The number of nitrogens with zero attached hydrogens (tertiary/aromatic N) is 2. The van der Waals surface area contributed by atoms with Gasteiger partial charge in [0.1, 0.15) is 5.75 Å². The van der Waals surface area contributed by atoms with Gasteiger partial charge < -0.3 is 10.1 Å². The van der Waals surface area contributed by atoms with Crippen molar-refractivity contribution in [2.24, 2.45) is 0 Å². The van der Waals surface area contributed by atoms with Gasteiger partial charge in [-0.25, -0.2) is 9.97 Å². The topological polar surface area (TPSA) is 64.1 Å². The molecule has 0 saturated heterocycles. The van der Waals surface area contributed by atoms with Crippen molar-refractivity contribution in [1.82, 2.24) is 9.97 Å². The van der Waals surface area contributed by atoms with Crippen LogP contribution in [0, 0.1) is 6.92 Å². The summed E-state index contributed by atoms with van der Waals surface area (Å²) < 4.78 is 5.58. The van der Waals surface area contributed by atoms with E-state index in [2.05, 4.69) is 15.3 Å². The molecule has 1 N–H and O–H groups in total. The van der Waals surface area contributed by atoms with E-state index in [4.69, 9.17) is 16.3 Å². The number of ether oxygens (including phenoxy) is 1. The van der Waals surface area contributed by atoms with E-state index in [-0.39, 0.29) is 18.3 Å². The Morgan fingerprint density at radius 1 is 1.12 bits per heavy atom. The van der Waals surface area contributed by atoms with Crippen molar-refractivity contribution in [1.29, 1.82) is 0 Å². The standard InChI is InChI=1S/C19H16ClN3O2/c1-13-11-15(25-19-21-9-4-10-22-19)7-8-17(13)23-18(24)12-14-5-2-3-6-16(14)20/h2-11H,12H2,1H3,(H,23,24). The minimum atomic E-state index is -0.128. The number of hydrogen-bond donors (Lipinski definition) is 1. The van der Waals surface area contributed by atoms with E-state index < -0.39 is 0 Å². The highest BCUT2D eigenvalue weighted by Gasteiger charge is 2.09. The number of carbonyl (C=O) groups is 1. The van der Waals surface area contributed by atoms with E-state index >= 15 is 0 Å². The third-order valence-electron chi connectivity index (χ3n) is 3.53. The summed E-state index contributed by atoms with van der Waals surface area (Å²) in [6, 6.07) is 14.7. The van der Waals surface area contributed by atoms with Crippen LogP contribution in [0.1, 0.15) is 11.1 Å². The van der Waals surface area contributed by atoms with Crippen LogP contribution in [0.4, 0.5) is 5.69 Å². The Bertz CT molecular complexity index is 885. The molecule has 0 saturated carbocycles. The van der Waals surface area contributed by atoms with Gasteiger partial charge >= 0.3 is 6.01 Å². The molecule has 1 aromatic heterocycles. The van der Waals surface area contributed by atoms with E-state index in [0.29, 0.717) is 10.8 Å². The molecule has 0 aliphatic carbocycles. The molecule has 3 aromatic rings. The summed E-state index contributed by atoms with van der Waals surface area (Å²) in [6.07, 6.45) is 3.44. The van der Waals surface area contributed by atoms with Gasteiger partial charge in [-0.1, -0.05) is 29.8 Å². The van der Waals surface area contributed by atoms with Gasteiger partial charge in [-0.15, -0.1) is 0 Å². The van der Waals surface area contributed by atoms with Crippen molar-refractivity contribution < 1.29 is 9.53 Å². The maximum absolute atomic E-state index is 12.2. The molecule has 2 aromatic carbocycles. The van der Waals surface area contributed by atoms with Gasteiger partial charge in [0, 0.05) is 23.1 Å². The largest absolute Gasteiger partial charge is 0.424 e. The molecule has 0 atom stereocenters. The number of hydrogen-bond acceptors (Lipinski definition) is 4. The number of benzene rings is 2. The number of aromatic nitrogens is 2. The molecule has 0 unspecified atom stereocenters. The second-order valence-corrected chi connectivity index (χ2v) is 5.83. The number of halogens is 1. The smallest absolute Gasteiger partial charge is 0.321 e. The first-order chi connectivity index (χ1) is 12.1. The monoisotopic (exact) mass is 353 g/mol. The SMILES string of the molecule is Cc1cc(Oc2ncccn2)ccc1NC(=O)Cc1ccccc1Cl. The molecule has 0 bridgehead atoms. The van der Waals surface area contributed by atoms with Crippen LogP contribution in [0.3, 0.4) is 0 Å². The van der Waals surface area contributed by atoms with Gasteiger partial charge in [0.15, 0.2) is 0 Å². The second-order valence-electron chi connectivity index (χ2n) is 5.43. The van der Waals surface area contributed by atoms with Gasteiger partial charge in [-0.3, -0.25) is 4.79 Å². The molecule has 6 heteroatoms. The molecule has 25 heavy (non-hydrogen) atoms. The lowest BCUT2D eigenvalue weighted by Gasteiger charge is -2.11. The molecule has 5 nitrogen and oxygen atoms in total. The lowest BCUT2D eigenvalue weighted by molar-refractivity contribution is -0.115. The van der Waals surface area contributed by atoms with Crippen LogP contribution < -0.4 is 10.1 Å². The summed E-state index contributed by atoms with van der Waals surface area (Å²) in [5.41, 5.74) is 2.39. The molecular formula is C19H16ClN3O2. The van der Waals surface area contributed by atoms with E-state index in [9.17, 15) is 4.79 Å². The molecule has 1 amide bonds. The Morgan fingerprint density at radius 2 is 1.88 bits per heavy atom. The lowest BCUT2D eigenvalue weighted by Crippen LogP contribution is -2.15. The molecular weight excluding hydrogens is 338 g/mol. The van der Waals surface area contributed by atoms with Crippen molar-refractivity contribution in [3.05, 3.63) is 77.1 Å². The number of rotatable bonds is 5. The summed E-state index contributed by atoms with van der Waals surface area (Å²) in [6.45, 7) is 1.89. The quantitative estimate of drug-likeness (QED) is 0.737. The minimum absolute atomic E-state index is 0.128. The van der Waals surface area contributed by atoms with Crippen LogP contribution >= 0.6 is 11.6 Å². The number of carbonyl (C=O) groups excluding carboxylic acids is 1. The number of aryl methyl sites for hydroxylation is 1. The molecule has 3 rings (SSSR count). The molecule has 126 valence electrons. The van der Waals surface area contributed by atoms with Crippen LogP contribution in [0.25, 0.3) is 0 Å². The van der Waals surface area contributed by atoms with Gasteiger partial charge in [0.2, 0.25) is 5.91 Å². The van der Waals surface area contributed by atoms with Crippen molar-refractivity contribution in [2.45, 2.75) is 13.3 Å². The summed E-state index contributed by atoms with van der Waals surface area (Å²) in [5.74, 6) is 0.476. The highest BCUT2D eigenvalue weighted by molar-refractivity contribution is 6.31. The first kappa shape index (κ1) is 16.9. The van der Waals surface area contributed by atoms with E-state index in [1.54, 1.807) is 36.7 Å². The van der Waals surface area contributed by atoms with Crippen LogP contribution in [0.15, 0.2) is 60.9 Å². The van der Waals surface area contributed by atoms with E-state index in [0.717, 1.165) is 16.8 Å². The number of nitrogens with one attached hydrogen (secondary N) is 1. The highest BCUT2D eigenvalue weighted by Crippen LogP contribution is 2.24. The molecule has 0 radical (unpaired) electrons. The summed E-state index contributed by atoms with van der Waals surface area (Å²) in [5, 5.41) is 3.48. The zero-order chi connectivity index (χ0) is 17.6. The molecule has 0 aliphatic rings. The first-order valence-electron chi connectivity index (χ1n) is 7.70. The third kappa shape index (κ3) is 4.55. The summed E-state index contributed by atoms with van der Waals surface area (Å²) in [4.78, 5) is 20.3. The fourth-order valence-electron chi connectivity index (χ4n) is 2.29. The maximum atomic E-state index is 12.2. The van der Waals surface area contributed by atoms with Crippen LogP contribution in [0.5, 0.6) is 11.8 Å². The normalized spacial score (nSPS) is 10.3. The number of amides is 1. The van der Waals surface area contributed by atoms with Gasteiger partial charge in [-0.05, 0) is 48.4 Å². The van der Waals surface area contributed by atoms with Crippen molar-refractivity contribution in [3.8, 4) is 11.8 Å².